The number of aromatic nitrogens is 3. The number of hydrogen-bond donors (Lipinski definition) is 1. The molecule has 0 unspecified atom stereocenters. The molecule has 29 heavy (non-hydrogen) atoms. The molecule has 0 saturated heterocycles. The van der Waals surface area contributed by atoms with Gasteiger partial charge < -0.3 is 14.6 Å². The van der Waals surface area contributed by atoms with E-state index >= 15 is 0 Å². The van der Waals surface area contributed by atoms with Crippen molar-refractivity contribution in [3.8, 4) is 0 Å². The topological polar surface area (TPSA) is 86.1 Å². The van der Waals surface area contributed by atoms with Gasteiger partial charge in [-0.25, -0.2) is 0 Å². The smallest absolute Gasteiger partial charge is 0.313 e. The van der Waals surface area contributed by atoms with Crippen LogP contribution in [0.5, 0.6) is 0 Å². The average molecular weight is 423 g/mol. The standard InChI is InChI=1S/C21H34N4O3S/c1-3-28-20(27)13-18-23-24-21(25(18)16-10-5-4-6-11-16)29-14-19(26)22-17-12-8-7-9-15(17)2/h15-17H,3-14H2,1-2H3,(H,22,26)/t15-,17+/m0/s1. The van der Waals surface area contributed by atoms with Gasteiger partial charge in [0.2, 0.25) is 5.91 Å². The van der Waals surface area contributed by atoms with E-state index in [0.717, 1.165) is 24.4 Å². The number of rotatable bonds is 8. The maximum absolute atomic E-state index is 12.5. The highest BCUT2D eigenvalue weighted by Gasteiger charge is 2.26. The van der Waals surface area contributed by atoms with Crippen LogP contribution in [-0.2, 0) is 20.7 Å². The normalized spacial score (nSPS) is 23.0. The molecule has 162 valence electrons. The van der Waals surface area contributed by atoms with Crippen molar-refractivity contribution in [1.82, 2.24) is 20.1 Å². The lowest BCUT2D eigenvalue weighted by molar-refractivity contribution is -0.142. The lowest BCUT2D eigenvalue weighted by atomic mass is 9.86. The first-order valence-electron chi connectivity index (χ1n) is 11.1. The number of thioether (sulfide) groups is 1. The van der Waals surface area contributed by atoms with E-state index in [0.29, 0.717) is 30.1 Å². The summed E-state index contributed by atoms with van der Waals surface area (Å²) in [4.78, 5) is 24.5. The summed E-state index contributed by atoms with van der Waals surface area (Å²) in [5.41, 5.74) is 0. The van der Waals surface area contributed by atoms with Gasteiger partial charge in [0.05, 0.1) is 12.4 Å². The summed E-state index contributed by atoms with van der Waals surface area (Å²) in [6.45, 7) is 4.38. The molecule has 1 aromatic rings. The van der Waals surface area contributed by atoms with Gasteiger partial charge in [-0.05, 0) is 38.5 Å². The van der Waals surface area contributed by atoms with Gasteiger partial charge in [0.15, 0.2) is 5.16 Å². The molecule has 2 aliphatic rings. The van der Waals surface area contributed by atoms with Gasteiger partial charge in [-0.1, -0.05) is 50.8 Å². The van der Waals surface area contributed by atoms with Crippen LogP contribution in [0, 0.1) is 5.92 Å². The molecule has 3 rings (SSSR count). The van der Waals surface area contributed by atoms with Crippen LogP contribution in [0.1, 0.15) is 83.5 Å². The van der Waals surface area contributed by atoms with Gasteiger partial charge >= 0.3 is 5.97 Å². The quantitative estimate of drug-likeness (QED) is 0.508. The van der Waals surface area contributed by atoms with Gasteiger partial charge in [0.25, 0.3) is 0 Å². The minimum absolute atomic E-state index is 0.0545. The number of amides is 1. The molecule has 1 aromatic heterocycles. The van der Waals surface area contributed by atoms with Crippen molar-refractivity contribution in [2.45, 2.75) is 95.3 Å². The minimum atomic E-state index is -0.280. The Morgan fingerprint density at radius 1 is 1.10 bits per heavy atom. The summed E-state index contributed by atoms with van der Waals surface area (Å²) in [5, 5.41) is 12.5. The maximum Gasteiger partial charge on any atom is 0.313 e. The fraction of sp³-hybridized carbons (Fsp3) is 0.810. The Morgan fingerprint density at radius 3 is 2.55 bits per heavy atom. The zero-order valence-electron chi connectivity index (χ0n) is 17.7. The molecule has 1 heterocycles. The molecule has 0 radical (unpaired) electrons. The largest absolute Gasteiger partial charge is 0.466 e. The van der Waals surface area contributed by atoms with E-state index in [1.165, 1.54) is 50.3 Å². The van der Waals surface area contributed by atoms with Crippen molar-refractivity contribution >= 4 is 23.6 Å². The van der Waals surface area contributed by atoms with Crippen LogP contribution >= 0.6 is 11.8 Å². The van der Waals surface area contributed by atoms with Crippen LogP contribution < -0.4 is 5.32 Å². The SMILES string of the molecule is CCOC(=O)Cc1nnc(SCC(=O)N[C@@H]2CCCC[C@@H]2C)n1C1CCCCC1. The zero-order chi connectivity index (χ0) is 20.6. The van der Waals surface area contributed by atoms with Gasteiger partial charge in [-0.2, -0.15) is 0 Å². The van der Waals surface area contributed by atoms with E-state index < -0.39 is 0 Å². The first-order chi connectivity index (χ1) is 14.1. The van der Waals surface area contributed by atoms with E-state index in [4.69, 9.17) is 4.74 Å². The highest BCUT2D eigenvalue weighted by atomic mass is 32.2. The Bertz CT molecular complexity index is 687. The fourth-order valence-corrected chi connectivity index (χ4v) is 5.32. The van der Waals surface area contributed by atoms with Crippen molar-refractivity contribution in [3.05, 3.63) is 5.82 Å². The Balaban J connectivity index is 1.64. The summed E-state index contributed by atoms with van der Waals surface area (Å²) >= 11 is 1.43. The summed E-state index contributed by atoms with van der Waals surface area (Å²) in [5.74, 6) is 1.29. The van der Waals surface area contributed by atoms with Crippen molar-refractivity contribution in [2.24, 2.45) is 5.92 Å². The number of esters is 1. The van der Waals surface area contributed by atoms with Crippen LogP contribution in [0.15, 0.2) is 5.16 Å². The van der Waals surface area contributed by atoms with Gasteiger partial charge in [-0.15, -0.1) is 10.2 Å². The highest BCUT2D eigenvalue weighted by Crippen LogP contribution is 2.33. The predicted octanol–water partition coefficient (Wildman–Crippen LogP) is 3.68. The highest BCUT2D eigenvalue weighted by molar-refractivity contribution is 7.99. The fourth-order valence-electron chi connectivity index (χ4n) is 4.48. The van der Waals surface area contributed by atoms with E-state index in [-0.39, 0.29) is 24.3 Å². The van der Waals surface area contributed by atoms with E-state index in [9.17, 15) is 9.59 Å². The molecule has 2 fully saturated rings. The molecule has 0 aromatic carbocycles. The number of hydrogen-bond acceptors (Lipinski definition) is 6. The lowest BCUT2D eigenvalue weighted by Crippen LogP contribution is -2.41. The second kappa shape index (κ2) is 11.0. The molecule has 2 saturated carbocycles. The molecule has 0 spiro atoms. The van der Waals surface area contributed by atoms with Crippen LogP contribution in [0.2, 0.25) is 0 Å². The molecule has 0 aliphatic heterocycles. The number of ether oxygens (including phenoxy) is 1. The number of carbonyl (C=O) groups excluding carboxylic acids is 2. The average Bonchev–Trinajstić information content (AvgIpc) is 3.11. The number of nitrogens with one attached hydrogen (secondary N) is 1. The van der Waals surface area contributed by atoms with Crippen LogP contribution in [-0.4, -0.2) is 45.0 Å². The summed E-state index contributed by atoms with van der Waals surface area (Å²) < 4.78 is 7.19. The third-order valence-corrected chi connectivity index (χ3v) is 7.02. The molecule has 8 heteroatoms. The summed E-state index contributed by atoms with van der Waals surface area (Å²) in [6.07, 6.45) is 10.6. The number of nitrogens with zero attached hydrogens (tertiary/aromatic N) is 3. The van der Waals surface area contributed by atoms with Crippen molar-refractivity contribution < 1.29 is 14.3 Å². The molecule has 7 nitrogen and oxygen atoms in total. The van der Waals surface area contributed by atoms with E-state index in [1.807, 2.05) is 0 Å². The summed E-state index contributed by atoms with van der Waals surface area (Å²) in [6, 6.07) is 0.583. The van der Waals surface area contributed by atoms with Gasteiger partial charge in [-0.3, -0.25) is 9.59 Å². The van der Waals surface area contributed by atoms with Crippen LogP contribution in [0.25, 0.3) is 0 Å². The molecule has 2 aliphatic carbocycles. The second-order valence-electron chi connectivity index (χ2n) is 8.27. The molecule has 1 amide bonds. The van der Waals surface area contributed by atoms with Crippen molar-refractivity contribution in [2.75, 3.05) is 12.4 Å². The Morgan fingerprint density at radius 2 is 1.83 bits per heavy atom. The third-order valence-electron chi connectivity index (χ3n) is 6.07. The Labute approximate surface area is 177 Å². The third kappa shape index (κ3) is 6.20. The molecule has 2 atom stereocenters. The summed E-state index contributed by atoms with van der Waals surface area (Å²) in [7, 11) is 0. The Kier molecular flexibility index (Phi) is 8.39. The molecular weight excluding hydrogens is 388 g/mol. The van der Waals surface area contributed by atoms with Crippen LogP contribution in [0.3, 0.4) is 0 Å². The Hall–Kier alpha value is -1.57. The predicted molar refractivity (Wildman–Crippen MR) is 113 cm³/mol. The van der Waals surface area contributed by atoms with E-state index in [1.54, 1.807) is 6.92 Å². The molecular formula is C21H34N4O3S. The van der Waals surface area contributed by atoms with Crippen LogP contribution in [0.4, 0.5) is 0 Å². The minimum Gasteiger partial charge on any atom is -0.466 e. The first-order valence-corrected chi connectivity index (χ1v) is 12.1. The van der Waals surface area contributed by atoms with E-state index in [2.05, 4.69) is 27.0 Å². The first kappa shape index (κ1) is 22.1. The zero-order valence-corrected chi connectivity index (χ0v) is 18.5. The molecule has 0 bridgehead atoms. The number of carbonyl (C=O) groups is 2. The maximum atomic E-state index is 12.5. The molecule has 1 N–H and O–H groups in total. The van der Waals surface area contributed by atoms with Gasteiger partial charge in [0, 0.05) is 12.1 Å². The van der Waals surface area contributed by atoms with Gasteiger partial charge in [0.1, 0.15) is 12.2 Å². The van der Waals surface area contributed by atoms with Crippen molar-refractivity contribution in [1.29, 1.82) is 0 Å². The van der Waals surface area contributed by atoms with Crippen molar-refractivity contribution in [3.63, 3.8) is 0 Å². The monoisotopic (exact) mass is 422 g/mol. The second-order valence-corrected chi connectivity index (χ2v) is 9.21. The lowest BCUT2D eigenvalue weighted by Gasteiger charge is -2.29.